The van der Waals surface area contributed by atoms with Crippen LogP contribution in [0, 0.1) is 0 Å². The molecule has 0 aliphatic carbocycles. The second kappa shape index (κ2) is 4.57. The van der Waals surface area contributed by atoms with Gasteiger partial charge in [-0.2, -0.15) is 0 Å². The van der Waals surface area contributed by atoms with Gasteiger partial charge in [-0.1, -0.05) is 24.4 Å². The first-order valence-electron chi connectivity index (χ1n) is 3.88. The van der Waals surface area contributed by atoms with Crippen LogP contribution < -0.4 is 11.1 Å². The van der Waals surface area contributed by atoms with Gasteiger partial charge in [0, 0.05) is 11.3 Å². The summed E-state index contributed by atoms with van der Waals surface area (Å²) in [5.74, 6) is 0. The molecule has 1 aromatic carbocycles. The Morgan fingerprint density at radius 2 is 2.29 bits per heavy atom. The number of nitrogens with one attached hydrogen (secondary N) is 1. The predicted octanol–water partition coefficient (Wildman–Crippen LogP) is 1.50. The zero-order valence-electron chi connectivity index (χ0n) is 7.61. The lowest BCUT2D eigenvalue weighted by atomic mass is 10.2. The maximum atomic E-state index is 10.9. The van der Waals surface area contributed by atoms with Crippen LogP contribution in [0.25, 0.3) is 0 Å². The van der Waals surface area contributed by atoms with Crippen molar-refractivity contribution in [1.29, 1.82) is 0 Å². The second-order valence-corrected chi connectivity index (χ2v) is 3.00. The Bertz CT molecular complexity index is 366. The zero-order chi connectivity index (χ0) is 10.6. The molecule has 0 heterocycles. The van der Waals surface area contributed by atoms with Crippen molar-refractivity contribution in [3.63, 3.8) is 0 Å². The normalized spacial score (nSPS) is 9.21. The third-order valence-electron chi connectivity index (χ3n) is 1.58. The topological polar surface area (TPSA) is 64.3 Å². The molecule has 0 saturated heterocycles. The number of carbonyl (C=O) groups is 1. The highest BCUT2D eigenvalue weighted by Crippen LogP contribution is 2.10. The molecule has 0 fully saturated rings. The Morgan fingerprint density at radius 3 is 2.86 bits per heavy atom. The number of hydrogen-bond donors (Lipinski definition) is 2. The SMILES string of the molecule is COC(=O)Nc1cccc(C(N)=S)c1. The number of carbonyl (C=O) groups excluding carboxylic acids is 1. The van der Waals surface area contributed by atoms with Gasteiger partial charge in [-0.15, -0.1) is 0 Å². The summed E-state index contributed by atoms with van der Waals surface area (Å²) in [7, 11) is 1.30. The molecule has 0 saturated carbocycles. The van der Waals surface area contributed by atoms with Crippen molar-refractivity contribution in [1.82, 2.24) is 0 Å². The van der Waals surface area contributed by atoms with Crippen LogP contribution in [0.2, 0.25) is 0 Å². The van der Waals surface area contributed by atoms with Crippen LogP contribution in [0.3, 0.4) is 0 Å². The highest BCUT2D eigenvalue weighted by Gasteiger charge is 2.01. The number of hydrogen-bond acceptors (Lipinski definition) is 3. The van der Waals surface area contributed by atoms with Gasteiger partial charge in [0.1, 0.15) is 4.99 Å². The number of amides is 1. The monoisotopic (exact) mass is 210 g/mol. The third kappa shape index (κ3) is 2.70. The molecule has 3 N–H and O–H groups in total. The molecule has 5 heteroatoms. The zero-order valence-corrected chi connectivity index (χ0v) is 8.43. The highest BCUT2D eigenvalue weighted by molar-refractivity contribution is 7.80. The number of benzene rings is 1. The van der Waals surface area contributed by atoms with Crippen LogP contribution in [-0.4, -0.2) is 18.2 Å². The number of methoxy groups -OCH3 is 1. The van der Waals surface area contributed by atoms with E-state index < -0.39 is 6.09 Å². The Hall–Kier alpha value is -1.62. The molecule has 14 heavy (non-hydrogen) atoms. The van der Waals surface area contributed by atoms with Crippen LogP contribution in [0.1, 0.15) is 5.56 Å². The summed E-state index contributed by atoms with van der Waals surface area (Å²) in [6.07, 6.45) is -0.523. The van der Waals surface area contributed by atoms with Gasteiger partial charge < -0.3 is 10.5 Å². The highest BCUT2D eigenvalue weighted by atomic mass is 32.1. The molecule has 1 aromatic rings. The molecular weight excluding hydrogens is 200 g/mol. The molecule has 0 bridgehead atoms. The van der Waals surface area contributed by atoms with Crippen molar-refractivity contribution in [2.24, 2.45) is 5.73 Å². The first-order valence-corrected chi connectivity index (χ1v) is 4.29. The second-order valence-electron chi connectivity index (χ2n) is 2.56. The number of ether oxygens (including phenoxy) is 1. The summed E-state index contributed by atoms with van der Waals surface area (Å²) < 4.78 is 4.44. The van der Waals surface area contributed by atoms with Crippen LogP contribution >= 0.6 is 12.2 Å². The summed E-state index contributed by atoms with van der Waals surface area (Å²) in [5.41, 5.74) is 6.74. The molecule has 0 aliphatic heterocycles. The molecule has 0 spiro atoms. The van der Waals surface area contributed by atoms with Crippen molar-refractivity contribution in [2.45, 2.75) is 0 Å². The Kier molecular flexibility index (Phi) is 3.41. The Labute approximate surface area is 87.0 Å². The predicted molar refractivity (Wildman–Crippen MR) is 58.4 cm³/mol. The van der Waals surface area contributed by atoms with Gasteiger partial charge in [0.25, 0.3) is 0 Å². The van der Waals surface area contributed by atoms with E-state index in [2.05, 4.69) is 10.1 Å². The largest absolute Gasteiger partial charge is 0.453 e. The van der Waals surface area contributed by atoms with Crippen LogP contribution in [0.4, 0.5) is 10.5 Å². The van der Waals surface area contributed by atoms with Crippen molar-refractivity contribution in [2.75, 3.05) is 12.4 Å². The fourth-order valence-corrected chi connectivity index (χ4v) is 1.05. The first kappa shape index (κ1) is 10.5. The quantitative estimate of drug-likeness (QED) is 0.726. The Balaban J connectivity index is 2.83. The van der Waals surface area contributed by atoms with E-state index in [4.69, 9.17) is 18.0 Å². The van der Waals surface area contributed by atoms with Gasteiger partial charge in [0.2, 0.25) is 0 Å². The number of rotatable bonds is 2. The summed E-state index contributed by atoms with van der Waals surface area (Å²) in [5, 5.41) is 2.51. The molecule has 0 aromatic heterocycles. The van der Waals surface area contributed by atoms with Gasteiger partial charge in [0.15, 0.2) is 0 Å². The number of thiocarbonyl (C=S) groups is 1. The fourth-order valence-electron chi connectivity index (χ4n) is 0.919. The van der Waals surface area contributed by atoms with E-state index in [1.807, 2.05) is 0 Å². The van der Waals surface area contributed by atoms with Gasteiger partial charge in [-0.3, -0.25) is 5.32 Å². The standard InChI is InChI=1S/C9H10N2O2S/c1-13-9(12)11-7-4-2-3-6(5-7)8(10)14/h2-5H,1H3,(H2,10,14)(H,11,12). The van der Waals surface area contributed by atoms with Crippen molar-refractivity contribution >= 4 is 29.0 Å². The molecule has 0 radical (unpaired) electrons. The first-order chi connectivity index (χ1) is 6.63. The van der Waals surface area contributed by atoms with E-state index in [-0.39, 0.29) is 0 Å². The summed E-state index contributed by atoms with van der Waals surface area (Å²) in [4.78, 5) is 11.2. The van der Waals surface area contributed by atoms with E-state index in [1.165, 1.54) is 7.11 Å². The molecule has 1 rings (SSSR count). The van der Waals surface area contributed by atoms with Crippen molar-refractivity contribution < 1.29 is 9.53 Å². The molecule has 0 aliphatic rings. The third-order valence-corrected chi connectivity index (χ3v) is 1.81. The Morgan fingerprint density at radius 1 is 1.57 bits per heavy atom. The smallest absolute Gasteiger partial charge is 0.411 e. The van der Waals surface area contributed by atoms with Gasteiger partial charge in [0.05, 0.1) is 7.11 Å². The maximum Gasteiger partial charge on any atom is 0.411 e. The lowest BCUT2D eigenvalue weighted by Crippen LogP contribution is -2.13. The minimum absolute atomic E-state index is 0.290. The minimum atomic E-state index is -0.523. The van der Waals surface area contributed by atoms with E-state index in [0.717, 1.165) is 0 Å². The average Bonchev–Trinajstić information content (AvgIpc) is 2.18. The molecular formula is C9H10N2O2S. The lowest BCUT2D eigenvalue weighted by Gasteiger charge is -2.04. The van der Waals surface area contributed by atoms with Gasteiger partial charge in [-0.25, -0.2) is 4.79 Å². The van der Waals surface area contributed by atoms with E-state index in [0.29, 0.717) is 16.2 Å². The molecule has 1 amide bonds. The molecule has 4 nitrogen and oxygen atoms in total. The van der Waals surface area contributed by atoms with Gasteiger partial charge >= 0.3 is 6.09 Å². The van der Waals surface area contributed by atoms with Crippen molar-refractivity contribution in [3.05, 3.63) is 29.8 Å². The summed E-state index contributed by atoms with van der Waals surface area (Å²) in [6, 6.07) is 6.92. The van der Waals surface area contributed by atoms with Crippen LogP contribution in [0.15, 0.2) is 24.3 Å². The average molecular weight is 210 g/mol. The lowest BCUT2D eigenvalue weighted by molar-refractivity contribution is 0.187. The minimum Gasteiger partial charge on any atom is -0.453 e. The van der Waals surface area contributed by atoms with Crippen LogP contribution in [0.5, 0.6) is 0 Å². The molecule has 74 valence electrons. The molecule has 0 atom stereocenters. The van der Waals surface area contributed by atoms with E-state index >= 15 is 0 Å². The van der Waals surface area contributed by atoms with E-state index in [9.17, 15) is 4.79 Å². The number of anilines is 1. The van der Waals surface area contributed by atoms with Crippen LogP contribution in [-0.2, 0) is 4.74 Å². The summed E-state index contributed by atoms with van der Waals surface area (Å²) >= 11 is 4.80. The molecule has 0 unspecified atom stereocenters. The van der Waals surface area contributed by atoms with E-state index in [1.54, 1.807) is 24.3 Å². The van der Waals surface area contributed by atoms with Crippen molar-refractivity contribution in [3.8, 4) is 0 Å². The maximum absolute atomic E-state index is 10.9. The summed E-state index contributed by atoms with van der Waals surface area (Å²) in [6.45, 7) is 0. The fraction of sp³-hybridized carbons (Fsp3) is 0.111. The number of nitrogens with two attached hydrogens (primary N) is 1. The van der Waals surface area contributed by atoms with Gasteiger partial charge in [-0.05, 0) is 12.1 Å².